The lowest BCUT2D eigenvalue weighted by Gasteiger charge is -2.30. The van der Waals surface area contributed by atoms with Gasteiger partial charge < -0.3 is 20.6 Å². The van der Waals surface area contributed by atoms with E-state index in [1.807, 2.05) is 60.7 Å². The molecule has 6 nitrogen and oxygen atoms in total. The van der Waals surface area contributed by atoms with Crippen molar-refractivity contribution < 1.29 is 24.9 Å². The Balaban J connectivity index is 0.000000479. The van der Waals surface area contributed by atoms with Crippen LogP contribution in [0.15, 0.2) is 72.8 Å². The van der Waals surface area contributed by atoms with Crippen LogP contribution >= 0.6 is 0 Å². The van der Waals surface area contributed by atoms with Gasteiger partial charge in [0, 0.05) is 18.2 Å². The largest absolute Gasteiger partial charge is 0.478 e. The van der Waals surface area contributed by atoms with E-state index in [1.165, 1.54) is 0 Å². The highest BCUT2D eigenvalue weighted by Gasteiger charge is 2.30. The molecule has 0 saturated heterocycles. The molecule has 2 aromatic rings. The monoisotopic (exact) mass is 413 g/mol. The maximum Gasteiger partial charge on any atom is 0.328 e. The molecule has 0 spiro atoms. The van der Waals surface area contributed by atoms with Gasteiger partial charge >= 0.3 is 11.9 Å². The van der Waals surface area contributed by atoms with Gasteiger partial charge in [-0.1, -0.05) is 67.6 Å². The van der Waals surface area contributed by atoms with E-state index in [-0.39, 0.29) is 0 Å². The Morgan fingerprint density at radius 2 is 1.37 bits per heavy atom. The standard InChI is InChI=1S/C20H27NO.C4H4O4/c1-3-17(2)21-16-10-15-20(22,18-11-6-4-7-12-18)19-13-8-5-9-14-19;5-3(6)1-2-4(7)8/h4-9,11-14,17,21-22H,3,10,15-16H2,1-2H3;1-2H,(H,5,6)(H,7,8)/b;2-1+/t17-;/m1./s1. The molecule has 0 aliphatic rings. The number of carboxylic acid groups (broad SMARTS) is 2. The molecule has 0 heterocycles. The lowest BCUT2D eigenvalue weighted by atomic mass is 9.82. The maximum atomic E-state index is 11.3. The first-order valence-electron chi connectivity index (χ1n) is 10.00. The van der Waals surface area contributed by atoms with Crippen molar-refractivity contribution in [2.75, 3.05) is 6.54 Å². The minimum Gasteiger partial charge on any atom is -0.478 e. The Kier molecular flexibility index (Phi) is 11.1. The zero-order valence-corrected chi connectivity index (χ0v) is 17.5. The first-order valence-corrected chi connectivity index (χ1v) is 10.00. The van der Waals surface area contributed by atoms with Crippen LogP contribution in [0.2, 0.25) is 0 Å². The van der Waals surface area contributed by atoms with Crippen LogP contribution in [0.3, 0.4) is 0 Å². The Hall–Kier alpha value is -2.96. The Bertz CT molecular complexity index is 734. The molecule has 1 atom stereocenters. The number of aliphatic carboxylic acids is 2. The fourth-order valence-corrected chi connectivity index (χ4v) is 2.86. The van der Waals surface area contributed by atoms with E-state index in [0.29, 0.717) is 24.6 Å². The summed E-state index contributed by atoms with van der Waals surface area (Å²) in [6.45, 7) is 5.31. The lowest BCUT2D eigenvalue weighted by molar-refractivity contribution is -0.134. The smallest absolute Gasteiger partial charge is 0.328 e. The van der Waals surface area contributed by atoms with Crippen LogP contribution in [0, 0.1) is 0 Å². The van der Waals surface area contributed by atoms with Crippen molar-refractivity contribution in [1.29, 1.82) is 0 Å². The van der Waals surface area contributed by atoms with Gasteiger partial charge in [-0.3, -0.25) is 0 Å². The molecule has 0 aliphatic heterocycles. The van der Waals surface area contributed by atoms with Gasteiger partial charge in [0.1, 0.15) is 5.60 Å². The first kappa shape index (κ1) is 25.1. The van der Waals surface area contributed by atoms with Crippen LogP contribution < -0.4 is 5.32 Å². The van der Waals surface area contributed by atoms with E-state index in [0.717, 1.165) is 30.5 Å². The molecular weight excluding hydrogens is 382 g/mol. The van der Waals surface area contributed by atoms with Crippen LogP contribution in [-0.4, -0.2) is 39.8 Å². The van der Waals surface area contributed by atoms with Crippen LogP contribution in [0.1, 0.15) is 44.2 Å². The third-order valence-corrected chi connectivity index (χ3v) is 4.69. The van der Waals surface area contributed by atoms with E-state index in [9.17, 15) is 14.7 Å². The van der Waals surface area contributed by atoms with Gasteiger partial charge in [0.2, 0.25) is 0 Å². The van der Waals surface area contributed by atoms with Gasteiger partial charge in [0.15, 0.2) is 0 Å². The average Bonchev–Trinajstić information content (AvgIpc) is 2.76. The van der Waals surface area contributed by atoms with Crippen molar-refractivity contribution in [1.82, 2.24) is 5.32 Å². The number of hydrogen-bond donors (Lipinski definition) is 4. The normalized spacial score (nSPS) is 12.1. The van der Waals surface area contributed by atoms with Gasteiger partial charge in [-0.15, -0.1) is 0 Å². The number of nitrogens with one attached hydrogen (secondary N) is 1. The summed E-state index contributed by atoms with van der Waals surface area (Å²) in [6, 6.07) is 20.5. The summed E-state index contributed by atoms with van der Waals surface area (Å²) in [5.41, 5.74) is 1.01. The fourth-order valence-electron chi connectivity index (χ4n) is 2.86. The molecule has 0 amide bonds. The van der Waals surface area contributed by atoms with Crippen molar-refractivity contribution in [2.45, 2.75) is 44.8 Å². The van der Waals surface area contributed by atoms with Gasteiger partial charge in [-0.2, -0.15) is 0 Å². The van der Waals surface area contributed by atoms with Gasteiger partial charge in [-0.05, 0) is 43.9 Å². The minimum atomic E-state index is -1.26. The summed E-state index contributed by atoms with van der Waals surface area (Å²) in [5, 5.41) is 30.5. The summed E-state index contributed by atoms with van der Waals surface area (Å²) in [6.07, 6.45) is 3.89. The quantitative estimate of drug-likeness (QED) is 0.349. The van der Waals surface area contributed by atoms with E-state index >= 15 is 0 Å². The molecule has 0 fully saturated rings. The zero-order chi connectivity index (χ0) is 22.4. The SMILES string of the molecule is CC[C@@H](C)NCCCC(O)(c1ccccc1)c1ccccc1.O=C(O)/C=C/C(=O)O. The molecule has 0 aromatic heterocycles. The van der Waals surface area contributed by atoms with E-state index < -0.39 is 17.5 Å². The molecule has 0 saturated carbocycles. The second kappa shape index (κ2) is 13.3. The third kappa shape index (κ3) is 9.03. The molecule has 0 bridgehead atoms. The summed E-state index contributed by atoms with van der Waals surface area (Å²) < 4.78 is 0. The van der Waals surface area contributed by atoms with Crippen molar-refractivity contribution in [3.05, 3.63) is 83.9 Å². The highest BCUT2D eigenvalue weighted by atomic mass is 16.4. The molecule has 6 heteroatoms. The van der Waals surface area contributed by atoms with Crippen molar-refractivity contribution in [3.8, 4) is 0 Å². The Morgan fingerprint density at radius 1 is 0.933 bits per heavy atom. The predicted molar refractivity (Wildman–Crippen MR) is 117 cm³/mol. The maximum absolute atomic E-state index is 11.3. The number of hydrogen-bond acceptors (Lipinski definition) is 4. The van der Waals surface area contributed by atoms with Crippen LogP contribution in [0.5, 0.6) is 0 Å². The topological polar surface area (TPSA) is 107 Å². The molecule has 162 valence electrons. The van der Waals surface area contributed by atoms with Crippen LogP contribution in [-0.2, 0) is 15.2 Å². The fraction of sp³-hybridized carbons (Fsp3) is 0.333. The molecule has 4 N–H and O–H groups in total. The number of rotatable bonds is 10. The van der Waals surface area contributed by atoms with E-state index in [2.05, 4.69) is 19.2 Å². The summed E-state index contributed by atoms with van der Waals surface area (Å²) in [4.78, 5) is 19.1. The molecule has 0 radical (unpaired) electrons. The third-order valence-electron chi connectivity index (χ3n) is 4.69. The van der Waals surface area contributed by atoms with Crippen molar-refractivity contribution >= 4 is 11.9 Å². The molecule has 0 unspecified atom stereocenters. The van der Waals surface area contributed by atoms with Gasteiger partial charge in [-0.25, -0.2) is 9.59 Å². The number of carboxylic acids is 2. The summed E-state index contributed by atoms with van der Waals surface area (Å²) in [5.74, 6) is -2.51. The highest BCUT2D eigenvalue weighted by molar-refractivity contribution is 5.89. The molecule has 2 rings (SSSR count). The van der Waals surface area contributed by atoms with Gasteiger partial charge in [0.25, 0.3) is 0 Å². The molecule has 2 aromatic carbocycles. The minimum absolute atomic E-state index is 0.529. The molecule has 30 heavy (non-hydrogen) atoms. The average molecular weight is 414 g/mol. The second-order valence-electron chi connectivity index (χ2n) is 6.97. The first-order chi connectivity index (χ1) is 14.3. The van der Waals surface area contributed by atoms with Crippen molar-refractivity contribution in [3.63, 3.8) is 0 Å². The van der Waals surface area contributed by atoms with Crippen LogP contribution in [0.4, 0.5) is 0 Å². The van der Waals surface area contributed by atoms with Crippen molar-refractivity contribution in [2.24, 2.45) is 0 Å². The summed E-state index contributed by atoms with van der Waals surface area (Å²) >= 11 is 0. The number of aliphatic hydroxyl groups is 1. The Labute approximate surface area is 177 Å². The zero-order valence-electron chi connectivity index (χ0n) is 17.5. The number of carbonyl (C=O) groups is 2. The molecule has 0 aliphatic carbocycles. The summed E-state index contributed by atoms with van der Waals surface area (Å²) in [7, 11) is 0. The van der Waals surface area contributed by atoms with E-state index in [1.54, 1.807) is 0 Å². The second-order valence-corrected chi connectivity index (χ2v) is 6.97. The van der Waals surface area contributed by atoms with E-state index in [4.69, 9.17) is 10.2 Å². The van der Waals surface area contributed by atoms with Crippen LogP contribution in [0.25, 0.3) is 0 Å². The lowest BCUT2D eigenvalue weighted by Crippen LogP contribution is -2.31. The Morgan fingerprint density at radius 3 is 1.73 bits per heavy atom. The number of benzene rings is 2. The molecular formula is C24H31NO5. The highest BCUT2D eigenvalue weighted by Crippen LogP contribution is 2.33. The van der Waals surface area contributed by atoms with Gasteiger partial charge in [0.05, 0.1) is 0 Å². The predicted octanol–water partition coefficient (Wildman–Crippen LogP) is 3.80.